The number of rotatable bonds is 6. The number of halogens is 1. The van der Waals surface area contributed by atoms with Gasteiger partial charge in [-0.25, -0.2) is 4.79 Å². The van der Waals surface area contributed by atoms with Crippen LogP contribution < -0.4 is 15.0 Å². The van der Waals surface area contributed by atoms with Crippen molar-refractivity contribution in [2.45, 2.75) is 12.1 Å². The average molecular weight is 506 g/mol. The second kappa shape index (κ2) is 9.40. The number of anilines is 1. The molecule has 176 valence electrons. The zero-order valence-corrected chi connectivity index (χ0v) is 20.1. The SMILES string of the molecule is COc1ccc(N2C(=S)N[C@H](c3ccccn3)[C@H]2c2ccc(-c3cccc(C(=O)O)c3)o2)cc1Cl. The Hall–Kier alpha value is -3.88. The minimum Gasteiger partial charge on any atom is -0.495 e. The molecule has 4 aromatic rings. The number of aromatic carboxylic acids is 1. The van der Waals surface area contributed by atoms with Crippen LogP contribution in [0.15, 0.2) is 83.4 Å². The molecule has 7 nitrogen and oxygen atoms in total. The smallest absolute Gasteiger partial charge is 0.335 e. The Morgan fingerprint density at radius 1 is 1.14 bits per heavy atom. The molecule has 1 saturated heterocycles. The molecule has 0 amide bonds. The molecule has 0 spiro atoms. The monoisotopic (exact) mass is 505 g/mol. The van der Waals surface area contributed by atoms with E-state index in [9.17, 15) is 9.90 Å². The van der Waals surface area contributed by atoms with Gasteiger partial charge in [-0.2, -0.15) is 0 Å². The minimum absolute atomic E-state index is 0.185. The fourth-order valence-corrected chi connectivity index (χ4v) is 4.80. The molecule has 2 aromatic carbocycles. The summed E-state index contributed by atoms with van der Waals surface area (Å²) in [6.07, 6.45) is 1.73. The van der Waals surface area contributed by atoms with E-state index in [2.05, 4.69) is 10.3 Å². The first-order chi connectivity index (χ1) is 17.0. The molecular formula is C26H20ClN3O4S. The number of benzene rings is 2. The third-order valence-electron chi connectivity index (χ3n) is 5.82. The first-order valence-electron chi connectivity index (χ1n) is 10.7. The number of nitrogens with zero attached hydrogens (tertiary/aromatic N) is 2. The summed E-state index contributed by atoms with van der Waals surface area (Å²) in [5.74, 6) is 0.746. The standard InChI is InChI=1S/C26H20ClN3O4S/c1-33-21-9-8-17(14-18(21)27)30-24(23(29-26(30)35)19-7-2-3-12-28-19)22-11-10-20(34-22)15-5-4-6-16(13-15)25(31)32/h2-14,23-24H,1H3,(H,29,35)(H,31,32)/t23-,24-/m1/s1. The molecule has 5 rings (SSSR count). The molecule has 2 aromatic heterocycles. The van der Waals surface area contributed by atoms with Crippen molar-refractivity contribution in [3.63, 3.8) is 0 Å². The fourth-order valence-electron chi connectivity index (χ4n) is 4.20. The molecule has 9 heteroatoms. The van der Waals surface area contributed by atoms with Crippen LogP contribution in [-0.2, 0) is 0 Å². The van der Waals surface area contributed by atoms with Gasteiger partial charge in [0.2, 0.25) is 0 Å². The summed E-state index contributed by atoms with van der Waals surface area (Å²) in [6.45, 7) is 0. The molecule has 2 atom stereocenters. The van der Waals surface area contributed by atoms with E-state index < -0.39 is 5.97 Å². The van der Waals surface area contributed by atoms with E-state index in [4.69, 9.17) is 33.0 Å². The highest BCUT2D eigenvalue weighted by molar-refractivity contribution is 7.80. The highest BCUT2D eigenvalue weighted by atomic mass is 35.5. The van der Waals surface area contributed by atoms with E-state index in [0.717, 1.165) is 11.4 Å². The van der Waals surface area contributed by atoms with Crippen molar-refractivity contribution in [1.29, 1.82) is 0 Å². The zero-order chi connectivity index (χ0) is 24.5. The van der Waals surface area contributed by atoms with Crippen molar-refractivity contribution >= 4 is 40.6 Å². The normalized spacial score (nSPS) is 17.3. The zero-order valence-electron chi connectivity index (χ0n) is 18.5. The topological polar surface area (TPSA) is 87.8 Å². The van der Waals surface area contributed by atoms with Gasteiger partial charge in [-0.05, 0) is 66.8 Å². The second-order valence-electron chi connectivity index (χ2n) is 7.90. The number of ether oxygens (including phenoxy) is 1. The molecule has 0 radical (unpaired) electrons. The quantitative estimate of drug-likeness (QED) is 0.314. The molecule has 0 saturated carbocycles. The lowest BCUT2D eigenvalue weighted by atomic mass is 10.0. The number of hydrogen-bond donors (Lipinski definition) is 2. The summed E-state index contributed by atoms with van der Waals surface area (Å²) >= 11 is 12.2. The van der Waals surface area contributed by atoms with Crippen LogP contribution in [0, 0.1) is 0 Å². The van der Waals surface area contributed by atoms with E-state index in [1.54, 1.807) is 43.6 Å². The van der Waals surface area contributed by atoms with Crippen LogP contribution in [0.4, 0.5) is 5.69 Å². The van der Waals surface area contributed by atoms with Gasteiger partial charge < -0.3 is 24.5 Å². The van der Waals surface area contributed by atoms with Crippen molar-refractivity contribution in [2.75, 3.05) is 12.0 Å². The van der Waals surface area contributed by atoms with Crippen molar-refractivity contribution in [1.82, 2.24) is 10.3 Å². The van der Waals surface area contributed by atoms with Crippen LogP contribution in [0.5, 0.6) is 5.75 Å². The van der Waals surface area contributed by atoms with Gasteiger partial charge in [-0.1, -0.05) is 29.8 Å². The Labute approximate surface area is 211 Å². The minimum atomic E-state index is -0.998. The van der Waals surface area contributed by atoms with E-state index in [-0.39, 0.29) is 17.6 Å². The molecule has 1 aliphatic rings. The van der Waals surface area contributed by atoms with Gasteiger partial charge >= 0.3 is 5.97 Å². The van der Waals surface area contributed by atoms with Gasteiger partial charge in [0.15, 0.2) is 5.11 Å². The number of methoxy groups -OCH3 is 1. The average Bonchev–Trinajstić information content (AvgIpc) is 3.49. The summed E-state index contributed by atoms with van der Waals surface area (Å²) in [6, 6.07) is 20.8. The van der Waals surface area contributed by atoms with Gasteiger partial charge in [-0.15, -0.1) is 0 Å². The highest BCUT2D eigenvalue weighted by Crippen LogP contribution is 2.44. The summed E-state index contributed by atoms with van der Waals surface area (Å²) in [4.78, 5) is 17.9. The molecule has 1 fully saturated rings. The fraction of sp³-hybridized carbons (Fsp3) is 0.115. The van der Waals surface area contributed by atoms with E-state index >= 15 is 0 Å². The Kier molecular flexibility index (Phi) is 6.15. The predicted octanol–water partition coefficient (Wildman–Crippen LogP) is 5.88. The summed E-state index contributed by atoms with van der Waals surface area (Å²) in [5.41, 5.74) is 2.42. The lowest BCUT2D eigenvalue weighted by molar-refractivity contribution is 0.0697. The van der Waals surface area contributed by atoms with Gasteiger partial charge in [-0.3, -0.25) is 4.98 Å². The number of furan rings is 1. The van der Waals surface area contributed by atoms with Crippen molar-refractivity contribution < 1.29 is 19.1 Å². The predicted molar refractivity (Wildman–Crippen MR) is 137 cm³/mol. The third kappa shape index (κ3) is 4.34. The molecule has 0 aliphatic carbocycles. The number of hydrogen-bond acceptors (Lipinski definition) is 5. The van der Waals surface area contributed by atoms with Crippen molar-refractivity contribution in [3.05, 3.63) is 101 Å². The van der Waals surface area contributed by atoms with Crippen LogP contribution in [-0.4, -0.2) is 28.3 Å². The molecule has 2 N–H and O–H groups in total. The maximum atomic E-state index is 11.4. The van der Waals surface area contributed by atoms with Crippen LogP contribution in [0.3, 0.4) is 0 Å². The number of nitrogens with one attached hydrogen (secondary N) is 1. The number of thiocarbonyl (C=S) groups is 1. The van der Waals surface area contributed by atoms with Gasteiger partial charge in [0, 0.05) is 17.4 Å². The summed E-state index contributed by atoms with van der Waals surface area (Å²) in [7, 11) is 1.56. The Balaban J connectivity index is 1.59. The van der Waals surface area contributed by atoms with E-state index in [1.807, 2.05) is 47.4 Å². The molecule has 0 unspecified atom stereocenters. The first-order valence-corrected chi connectivity index (χ1v) is 11.5. The van der Waals surface area contributed by atoms with E-state index in [1.165, 1.54) is 0 Å². The maximum absolute atomic E-state index is 11.4. The lowest BCUT2D eigenvalue weighted by Crippen LogP contribution is -2.29. The second-order valence-corrected chi connectivity index (χ2v) is 8.70. The lowest BCUT2D eigenvalue weighted by Gasteiger charge is -2.26. The molecule has 35 heavy (non-hydrogen) atoms. The van der Waals surface area contributed by atoms with Crippen molar-refractivity contribution in [2.24, 2.45) is 0 Å². The molecular weight excluding hydrogens is 486 g/mol. The Bertz CT molecular complexity index is 1410. The largest absolute Gasteiger partial charge is 0.495 e. The Morgan fingerprint density at radius 3 is 2.71 bits per heavy atom. The summed E-state index contributed by atoms with van der Waals surface area (Å²) < 4.78 is 11.6. The van der Waals surface area contributed by atoms with Gasteiger partial charge in [0.25, 0.3) is 0 Å². The number of carboxylic acids is 1. The molecule has 0 bridgehead atoms. The van der Waals surface area contributed by atoms with Gasteiger partial charge in [0.05, 0.1) is 29.4 Å². The van der Waals surface area contributed by atoms with E-state index in [0.29, 0.717) is 33.0 Å². The number of pyridine rings is 1. The van der Waals surface area contributed by atoms with Crippen LogP contribution in [0.1, 0.15) is 33.9 Å². The van der Waals surface area contributed by atoms with Crippen LogP contribution in [0.2, 0.25) is 5.02 Å². The summed E-state index contributed by atoms with van der Waals surface area (Å²) in [5, 5.41) is 13.7. The molecule has 3 heterocycles. The number of aromatic nitrogens is 1. The highest BCUT2D eigenvalue weighted by Gasteiger charge is 2.42. The third-order valence-corrected chi connectivity index (χ3v) is 6.43. The van der Waals surface area contributed by atoms with Crippen LogP contribution in [0.25, 0.3) is 11.3 Å². The first kappa shape index (κ1) is 22.9. The Morgan fingerprint density at radius 2 is 2.00 bits per heavy atom. The number of carboxylic acid groups (broad SMARTS) is 1. The number of carbonyl (C=O) groups is 1. The maximum Gasteiger partial charge on any atom is 0.335 e. The molecule has 1 aliphatic heterocycles. The van der Waals surface area contributed by atoms with Crippen LogP contribution >= 0.6 is 23.8 Å². The van der Waals surface area contributed by atoms with Crippen molar-refractivity contribution in [3.8, 4) is 17.1 Å². The van der Waals surface area contributed by atoms with Gasteiger partial charge in [0.1, 0.15) is 23.3 Å².